The fraction of sp³-hybridized carbons (Fsp3) is 0.619. The van der Waals surface area contributed by atoms with Gasteiger partial charge >= 0.3 is 0 Å². The van der Waals surface area contributed by atoms with Gasteiger partial charge in [-0.2, -0.15) is 0 Å². The fourth-order valence-corrected chi connectivity index (χ4v) is 3.16. The van der Waals surface area contributed by atoms with Crippen molar-refractivity contribution in [1.82, 2.24) is 15.5 Å². The molecule has 2 N–H and O–H groups in total. The number of rotatable bonds is 8. The molecule has 1 aliphatic rings. The molecule has 0 aliphatic carbocycles. The number of nitrogens with zero attached hydrogens (tertiary/aromatic N) is 1. The molecule has 2 amide bonds. The molecule has 0 spiro atoms. The van der Waals surface area contributed by atoms with Crippen LogP contribution in [0.15, 0.2) is 12.1 Å². The summed E-state index contributed by atoms with van der Waals surface area (Å²) in [4.78, 5) is 25.9. The second-order valence-corrected chi connectivity index (χ2v) is 8.38. The molecule has 0 aromatic heterocycles. The molecule has 28 heavy (non-hydrogen) atoms. The Bertz CT molecular complexity index is 712. The SMILES string of the molecule is CCOc1cc2c(cc1CNC(=O)CN(C)CC(=O)NC(C)(C)C)O[C@H](C)C2. The Labute approximate surface area is 167 Å². The van der Waals surface area contributed by atoms with Crippen LogP contribution in [0.1, 0.15) is 45.7 Å². The molecule has 0 radical (unpaired) electrons. The number of benzene rings is 1. The van der Waals surface area contributed by atoms with Crippen LogP contribution in [0.25, 0.3) is 0 Å². The van der Waals surface area contributed by atoms with Gasteiger partial charge in [0.2, 0.25) is 11.8 Å². The molecule has 7 nitrogen and oxygen atoms in total. The van der Waals surface area contributed by atoms with Crippen LogP contribution in [-0.2, 0) is 22.6 Å². The summed E-state index contributed by atoms with van der Waals surface area (Å²) in [5.41, 5.74) is 1.73. The smallest absolute Gasteiger partial charge is 0.234 e. The summed E-state index contributed by atoms with van der Waals surface area (Å²) in [6.07, 6.45) is 1.02. The van der Waals surface area contributed by atoms with Crippen molar-refractivity contribution in [3.8, 4) is 11.5 Å². The van der Waals surface area contributed by atoms with Crippen LogP contribution in [0.2, 0.25) is 0 Å². The molecule has 0 saturated carbocycles. The lowest BCUT2D eigenvalue weighted by Crippen LogP contribution is -2.46. The maximum atomic E-state index is 12.3. The van der Waals surface area contributed by atoms with Crippen molar-refractivity contribution in [1.29, 1.82) is 0 Å². The van der Waals surface area contributed by atoms with Crippen molar-refractivity contribution in [3.05, 3.63) is 23.3 Å². The molecule has 1 aromatic carbocycles. The minimum atomic E-state index is -0.289. The van der Waals surface area contributed by atoms with E-state index in [4.69, 9.17) is 9.47 Å². The van der Waals surface area contributed by atoms with E-state index in [1.165, 1.54) is 0 Å². The van der Waals surface area contributed by atoms with E-state index in [0.717, 1.165) is 29.0 Å². The number of fused-ring (bicyclic) bond motifs is 1. The van der Waals surface area contributed by atoms with Gasteiger partial charge in [-0.3, -0.25) is 14.5 Å². The third-order valence-electron chi connectivity index (χ3n) is 4.20. The highest BCUT2D eigenvalue weighted by molar-refractivity contribution is 5.81. The standard InChI is InChI=1S/C21H33N3O4/c1-7-27-17-9-15-8-14(2)28-18(15)10-16(17)11-22-19(25)12-24(6)13-20(26)23-21(3,4)5/h9-10,14H,7-8,11-13H2,1-6H3,(H,22,25)(H,23,26)/t14-/m1/s1. The average molecular weight is 392 g/mol. The van der Waals surface area contributed by atoms with Crippen molar-refractivity contribution >= 4 is 11.8 Å². The number of amides is 2. The molecule has 156 valence electrons. The third kappa shape index (κ3) is 6.71. The summed E-state index contributed by atoms with van der Waals surface area (Å²) in [7, 11) is 1.75. The number of nitrogens with one attached hydrogen (secondary N) is 2. The van der Waals surface area contributed by atoms with Crippen LogP contribution in [0.5, 0.6) is 11.5 Å². The zero-order valence-electron chi connectivity index (χ0n) is 17.8. The first-order valence-electron chi connectivity index (χ1n) is 9.79. The number of carbonyl (C=O) groups is 2. The number of ether oxygens (including phenoxy) is 2. The van der Waals surface area contributed by atoms with Crippen LogP contribution in [0.4, 0.5) is 0 Å². The van der Waals surface area contributed by atoms with Crippen molar-refractivity contribution in [2.45, 2.75) is 59.2 Å². The Morgan fingerprint density at radius 2 is 1.93 bits per heavy atom. The van der Waals surface area contributed by atoms with Crippen LogP contribution in [-0.4, -0.2) is 55.1 Å². The number of hydrogen-bond acceptors (Lipinski definition) is 5. The predicted octanol–water partition coefficient (Wildman–Crippen LogP) is 1.87. The van der Waals surface area contributed by atoms with Gasteiger partial charge in [0.15, 0.2) is 0 Å². The highest BCUT2D eigenvalue weighted by Gasteiger charge is 2.22. The van der Waals surface area contributed by atoms with Gasteiger partial charge in [-0.05, 0) is 53.8 Å². The van der Waals surface area contributed by atoms with E-state index < -0.39 is 0 Å². The molecule has 7 heteroatoms. The second-order valence-electron chi connectivity index (χ2n) is 8.38. The van der Waals surface area contributed by atoms with Crippen LogP contribution in [0.3, 0.4) is 0 Å². The molecule has 1 aromatic rings. The maximum Gasteiger partial charge on any atom is 0.234 e. The van der Waals surface area contributed by atoms with E-state index in [9.17, 15) is 9.59 Å². The summed E-state index contributed by atoms with van der Waals surface area (Å²) in [5, 5.41) is 5.79. The first-order chi connectivity index (χ1) is 13.1. The molecular formula is C21H33N3O4. The fourth-order valence-electron chi connectivity index (χ4n) is 3.16. The van der Waals surface area contributed by atoms with Gasteiger partial charge in [0, 0.05) is 29.6 Å². The quantitative estimate of drug-likeness (QED) is 0.707. The third-order valence-corrected chi connectivity index (χ3v) is 4.20. The summed E-state index contributed by atoms with van der Waals surface area (Å²) in [5.74, 6) is 1.38. The van der Waals surface area contributed by atoms with Gasteiger partial charge in [-0.15, -0.1) is 0 Å². The molecule has 2 rings (SSSR count). The molecule has 0 unspecified atom stereocenters. The first kappa shape index (κ1) is 22.0. The lowest BCUT2D eigenvalue weighted by molar-refractivity contribution is -0.125. The van der Waals surface area contributed by atoms with Crippen LogP contribution >= 0.6 is 0 Å². The Balaban J connectivity index is 1.90. The average Bonchev–Trinajstić information content (AvgIpc) is 2.89. The van der Waals surface area contributed by atoms with Crippen LogP contribution in [0, 0.1) is 0 Å². The van der Waals surface area contributed by atoms with Gasteiger partial charge in [-0.25, -0.2) is 0 Å². The lowest BCUT2D eigenvalue weighted by Gasteiger charge is -2.23. The zero-order chi connectivity index (χ0) is 20.9. The van der Waals surface area contributed by atoms with E-state index in [2.05, 4.69) is 10.6 Å². The Morgan fingerprint density at radius 1 is 1.25 bits per heavy atom. The van der Waals surface area contributed by atoms with Gasteiger partial charge in [0.1, 0.15) is 17.6 Å². The molecule has 0 saturated heterocycles. The largest absolute Gasteiger partial charge is 0.494 e. The van der Waals surface area contributed by atoms with Gasteiger partial charge < -0.3 is 20.1 Å². The summed E-state index contributed by atoms with van der Waals surface area (Å²) in [6, 6.07) is 3.96. The molecule has 1 atom stereocenters. The Kier molecular flexibility index (Phi) is 7.29. The Morgan fingerprint density at radius 3 is 2.57 bits per heavy atom. The molecule has 0 bridgehead atoms. The van der Waals surface area contributed by atoms with E-state index >= 15 is 0 Å². The monoisotopic (exact) mass is 391 g/mol. The molecule has 0 fully saturated rings. The number of carbonyl (C=O) groups excluding carboxylic acids is 2. The second kappa shape index (κ2) is 9.28. The Hall–Kier alpha value is -2.28. The topological polar surface area (TPSA) is 79.9 Å². The maximum absolute atomic E-state index is 12.3. The molecule has 1 heterocycles. The minimum Gasteiger partial charge on any atom is -0.494 e. The van der Waals surface area contributed by atoms with Gasteiger partial charge in [-0.1, -0.05) is 0 Å². The van der Waals surface area contributed by atoms with Crippen molar-refractivity contribution in [3.63, 3.8) is 0 Å². The minimum absolute atomic E-state index is 0.105. The van der Waals surface area contributed by atoms with E-state index in [-0.39, 0.29) is 36.5 Å². The normalized spacial score (nSPS) is 15.8. The number of hydrogen-bond donors (Lipinski definition) is 2. The lowest BCUT2D eigenvalue weighted by atomic mass is 10.1. The van der Waals surface area contributed by atoms with Gasteiger partial charge in [0.25, 0.3) is 0 Å². The zero-order valence-corrected chi connectivity index (χ0v) is 17.8. The molecular weight excluding hydrogens is 358 g/mol. The van der Waals surface area contributed by atoms with Crippen molar-refractivity contribution < 1.29 is 19.1 Å². The number of likely N-dealkylation sites (N-methyl/N-ethyl adjacent to an activating group) is 1. The van der Waals surface area contributed by atoms with E-state index in [1.54, 1.807) is 11.9 Å². The van der Waals surface area contributed by atoms with E-state index in [0.29, 0.717) is 13.2 Å². The summed E-state index contributed by atoms with van der Waals surface area (Å²) in [6.45, 7) is 11.0. The van der Waals surface area contributed by atoms with Crippen molar-refractivity contribution in [2.24, 2.45) is 0 Å². The van der Waals surface area contributed by atoms with Crippen LogP contribution < -0.4 is 20.1 Å². The summed E-state index contributed by atoms with van der Waals surface area (Å²) < 4.78 is 11.6. The van der Waals surface area contributed by atoms with Crippen molar-refractivity contribution in [2.75, 3.05) is 26.7 Å². The van der Waals surface area contributed by atoms with E-state index in [1.807, 2.05) is 46.8 Å². The summed E-state index contributed by atoms with van der Waals surface area (Å²) >= 11 is 0. The molecule has 1 aliphatic heterocycles. The van der Waals surface area contributed by atoms with Gasteiger partial charge in [0.05, 0.1) is 19.7 Å². The first-order valence-corrected chi connectivity index (χ1v) is 9.79. The highest BCUT2D eigenvalue weighted by Crippen LogP contribution is 2.35. The predicted molar refractivity (Wildman–Crippen MR) is 109 cm³/mol. The highest BCUT2D eigenvalue weighted by atomic mass is 16.5.